The summed E-state index contributed by atoms with van der Waals surface area (Å²) in [5, 5.41) is 8.41. The highest BCUT2D eigenvalue weighted by molar-refractivity contribution is 5.94. The Bertz CT molecular complexity index is 954. The van der Waals surface area contributed by atoms with Crippen LogP contribution < -0.4 is 10.2 Å². The van der Waals surface area contributed by atoms with E-state index in [2.05, 4.69) is 31.3 Å². The average molecular weight is 364 g/mol. The van der Waals surface area contributed by atoms with Crippen molar-refractivity contribution in [2.75, 3.05) is 24.5 Å². The number of anilines is 1. The first kappa shape index (κ1) is 17.5. The lowest BCUT2D eigenvalue weighted by atomic mass is 10.1. The third-order valence-electron chi connectivity index (χ3n) is 4.91. The summed E-state index contributed by atoms with van der Waals surface area (Å²) in [6.45, 7) is 7.11. The maximum Gasteiger partial charge on any atom is 0.251 e. The molecule has 1 N–H and O–H groups in total. The van der Waals surface area contributed by atoms with E-state index >= 15 is 0 Å². The minimum atomic E-state index is -0.0642. The maximum atomic E-state index is 12.4. The first-order valence-electron chi connectivity index (χ1n) is 9.40. The van der Waals surface area contributed by atoms with E-state index in [1.807, 2.05) is 36.9 Å². The van der Waals surface area contributed by atoms with Gasteiger partial charge in [0, 0.05) is 25.2 Å². The monoisotopic (exact) mass is 364 g/mol. The van der Waals surface area contributed by atoms with E-state index in [4.69, 9.17) is 0 Å². The number of aryl methyl sites for hydroxylation is 2. The van der Waals surface area contributed by atoms with Crippen molar-refractivity contribution in [1.29, 1.82) is 0 Å². The van der Waals surface area contributed by atoms with E-state index in [0.717, 1.165) is 41.1 Å². The highest BCUT2D eigenvalue weighted by Crippen LogP contribution is 2.25. The fourth-order valence-corrected chi connectivity index (χ4v) is 3.71. The molecule has 0 atom stereocenters. The molecular formula is C20H24N6O. The van der Waals surface area contributed by atoms with E-state index < -0.39 is 0 Å². The van der Waals surface area contributed by atoms with E-state index in [1.54, 1.807) is 6.33 Å². The second kappa shape index (κ2) is 7.34. The lowest BCUT2D eigenvalue weighted by Gasteiger charge is -2.16. The molecule has 0 radical (unpaired) electrons. The summed E-state index contributed by atoms with van der Waals surface area (Å²) in [4.78, 5) is 23.5. The summed E-state index contributed by atoms with van der Waals surface area (Å²) >= 11 is 0. The fraction of sp³-hybridized carbons (Fsp3) is 0.400. The van der Waals surface area contributed by atoms with Gasteiger partial charge in [-0.25, -0.2) is 14.6 Å². The van der Waals surface area contributed by atoms with Crippen LogP contribution in [0.1, 0.15) is 34.3 Å². The second-order valence-corrected chi connectivity index (χ2v) is 7.13. The summed E-state index contributed by atoms with van der Waals surface area (Å²) in [6.07, 6.45) is 5.82. The largest absolute Gasteiger partial charge is 0.356 e. The van der Waals surface area contributed by atoms with Gasteiger partial charge >= 0.3 is 0 Å². The van der Waals surface area contributed by atoms with Crippen LogP contribution in [0.25, 0.3) is 11.0 Å². The third-order valence-corrected chi connectivity index (χ3v) is 4.91. The zero-order chi connectivity index (χ0) is 18.8. The van der Waals surface area contributed by atoms with Crippen LogP contribution in [0, 0.1) is 13.8 Å². The molecule has 7 heteroatoms. The molecule has 0 spiro atoms. The van der Waals surface area contributed by atoms with Crippen LogP contribution in [-0.2, 0) is 6.54 Å². The number of amides is 1. The average Bonchev–Trinajstić information content (AvgIpc) is 3.31. The second-order valence-electron chi connectivity index (χ2n) is 7.13. The number of carbonyl (C=O) groups excluding carboxylic acids is 1. The Balaban J connectivity index is 1.45. The molecule has 0 bridgehead atoms. The third kappa shape index (κ3) is 3.63. The molecule has 3 heterocycles. The number of benzene rings is 1. The minimum Gasteiger partial charge on any atom is -0.356 e. The van der Waals surface area contributed by atoms with Crippen molar-refractivity contribution >= 4 is 22.8 Å². The van der Waals surface area contributed by atoms with Gasteiger partial charge in [0.1, 0.15) is 12.1 Å². The predicted octanol–water partition coefficient (Wildman–Crippen LogP) is 2.47. The Labute approximate surface area is 158 Å². The molecule has 1 aliphatic rings. The number of nitrogens with one attached hydrogen (secondary N) is 1. The molecule has 3 aromatic rings. The molecule has 7 nitrogen and oxygen atoms in total. The summed E-state index contributed by atoms with van der Waals surface area (Å²) in [6, 6.07) is 5.87. The number of hydrogen-bond donors (Lipinski definition) is 1. The lowest BCUT2D eigenvalue weighted by molar-refractivity contribution is 0.0952. The smallest absolute Gasteiger partial charge is 0.251 e. The van der Waals surface area contributed by atoms with Crippen molar-refractivity contribution in [3.05, 3.63) is 47.4 Å². The molecule has 4 rings (SSSR count). The zero-order valence-corrected chi connectivity index (χ0v) is 15.8. The normalized spacial score (nSPS) is 14.1. The van der Waals surface area contributed by atoms with Gasteiger partial charge in [-0.3, -0.25) is 4.79 Å². The number of rotatable bonds is 5. The topological polar surface area (TPSA) is 75.9 Å². The Hall–Kier alpha value is -2.96. The van der Waals surface area contributed by atoms with Crippen molar-refractivity contribution in [2.45, 2.75) is 33.2 Å². The molecule has 27 heavy (non-hydrogen) atoms. The van der Waals surface area contributed by atoms with Crippen LogP contribution >= 0.6 is 0 Å². The Morgan fingerprint density at radius 1 is 1.11 bits per heavy atom. The molecule has 1 aromatic carbocycles. The molecule has 2 aromatic heterocycles. The SMILES string of the molecule is Cc1cc(C)cc(C(=O)NCCn2ncc3c(N4CCCC4)ncnc32)c1. The number of hydrogen-bond acceptors (Lipinski definition) is 5. The predicted molar refractivity (Wildman–Crippen MR) is 105 cm³/mol. The summed E-state index contributed by atoms with van der Waals surface area (Å²) < 4.78 is 1.83. The molecule has 140 valence electrons. The van der Waals surface area contributed by atoms with Crippen molar-refractivity contribution in [1.82, 2.24) is 25.1 Å². The Kier molecular flexibility index (Phi) is 4.75. The highest BCUT2D eigenvalue weighted by Gasteiger charge is 2.18. The summed E-state index contributed by atoms with van der Waals surface area (Å²) in [5.41, 5.74) is 3.68. The molecule has 1 fully saturated rings. The van der Waals surface area contributed by atoms with Crippen molar-refractivity contribution in [3.8, 4) is 0 Å². The highest BCUT2D eigenvalue weighted by atomic mass is 16.1. The van der Waals surface area contributed by atoms with Crippen LogP contribution in [0.3, 0.4) is 0 Å². The quantitative estimate of drug-likeness (QED) is 0.753. The molecule has 0 unspecified atom stereocenters. The van der Waals surface area contributed by atoms with Crippen LogP contribution in [0.4, 0.5) is 5.82 Å². The van der Waals surface area contributed by atoms with Gasteiger partial charge in [-0.1, -0.05) is 17.2 Å². The maximum absolute atomic E-state index is 12.4. The van der Waals surface area contributed by atoms with E-state index in [9.17, 15) is 4.79 Å². The first-order valence-corrected chi connectivity index (χ1v) is 9.40. The summed E-state index contributed by atoms with van der Waals surface area (Å²) in [5.74, 6) is 0.897. The van der Waals surface area contributed by atoms with Crippen LogP contribution in [-0.4, -0.2) is 45.3 Å². The van der Waals surface area contributed by atoms with E-state index in [-0.39, 0.29) is 5.91 Å². The van der Waals surface area contributed by atoms with E-state index in [1.165, 1.54) is 12.8 Å². The molecule has 1 amide bonds. The standard InChI is InChI=1S/C20H24N6O/c1-14-9-15(2)11-16(10-14)20(27)21-5-8-26-19-17(12-24-26)18(22-13-23-19)25-6-3-4-7-25/h9-13H,3-8H2,1-2H3,(H,21,27). The lowest BCUT2D eigenvalue weighted by Crippen LogP contribution is -2.27. The van der Waals surface area contributed by atoms with Gasteiger partial charge in [-0.05, 0) is 38.8 Å². The van der Waals surface area contributed by atoms with Gasteiger partial charge in [0.15, 0.2) is 5.65 Å². The van der Waals surface area contributed by atoms with Gasteiger partial charge in [0.05, 0.1) is 18.1 Å². The van der Waals surface area contributed by atoms with Gasteiger partial charge in [-0.15, -0.1) is 0 Å². The zero-order valence-electron chi connectivity index (χ0n) is 15.8. The molecule has 1 saturated heterocycles. The van der Waals surface area contributed by atoms with Gasteiger partial charge in [0.2, 0.25) is 0 Å². The number of aromatic nitrogens is 4. The van der Waals surface area contributed by atoms with Crippen molar-refractivity contribution < 1.29 is 4.79 Å². The van der Waals surface area contributed by atoms with Gasteiger partial charge in [-0.2, -0.15) is 5.10 Å². The molecule has 0 aliphatic carbocycles. The van der Waals surface area contributed by atoms with E-state index in [0.29, 0.717) is 18.7 Å². The van der Waals surface area contributed by atoms with Crippen molar-refractivity contribution in [3.63, 3.8) is 0 Å². The molecule has 0 saturated carbocycles. The number of fused-ring (bicyclic) bond motifs is 1. The molecular weight excluding hydrogens is 340 g/mol. The number of carbonyl (C=O) groups is 1. The fourth-order valence-electron chi connectivity index (χ4n) is 3.71. The van der Waals surface area contributed by atoms with Crippen molar-refractivity contribution in [2.24, 2.45) is 0 Å². The van der Waals surface area contributed by atoms with Gasteiger partial charge < -0.3 is 10.2 Å². The Morgan fingerprint density at radius 3 is 2.59 bits per heavy atom. The van der Waals surface area contributed by atoms with Crippen LogP contribution in [0.5, 0.6) is 0 Å². The minimum absolute atomic E-state index is 0.0642. The molecule has 1 aliphatic heterocycles. The summed E-state index contributed by atoms with van der Waals surface area (Å²) in [7, 11) is 0. The van der Waals surface area contributed by atoms with Crippen LogP contribution in [0.15, 0.2) is 30.7 Å². The Morgan fingerprint density at radius 2 is 1.85 bits per heavy atom. The first-order chi connectivity index (χ1) is 13.1. The number of nitrogens with zero attached hydrogens (tertiary/aromatic N) is 5. The van der Waals surface area contributed by atoms with Crippen LogP contribution in [0.2, 0.25) is 0 Å². The van der Waals surface area contributed by atoms with Gasteiger partial charge in [0.25, 0.3) is 5.91 Å².